The van der Waals surface area contributed by atoms with Gasteiger partial charge in [-0.1, -0.05) is 30.3 Å². The van der Waals surface area contributed by atoms with Gasteiger partial charge in [-0.25, -0.2) is 4.39 Å². The average Bonchev–Trinajstić information content (AvgIpc) is 2.40. The van der Waals surface area contributed by atoms with Gasteiger partial charge < -0.3 is 5.11 Å². The van der Waals surface area contributed by atoms with Gasteiger partial charge in [0.15, 0.2) is 0 Å². The summed E-state index contributed by atoms with van der Waals surface area (Å²) in [5, 5.41) is 10.4. The van der Waals surface area contributed by atoms with Gasteiger partial charge in [-0.3, -0.25) is 0 Å². The predicted octanol–water partition coefficient (Wildman–Crippen LogP) is 4.29. The van der Waals surface area contributed by atoms with Crippen LogP contribution in [0.5, 0.6) is 0 Å². The summed E-state index contributed by atoms with van der Waals surface area (Å²) in [5.74, 6) is -0.496. The standard InChI is InChI=1S/C16H14F4O/c1-15(21,10-11-5-2-3-8-14(11)17)12-6-4-7-13(9-12)16(18,19)20/h2-9,21H,10H2,1H3. The number of rotatable bonds is 3. The van der Waals surface area contributed by atoms with Crippen molar-refractivity contribution in [3.8, 4) is 0 Å². The summed E-state index contributed by atoms with van der Waals surface area (Å²) in [5.41, 5.74) is -2.09. The van der Waals surface area contributed by atoms with E-state index in [0.717, 1.165) is 12.1 Å². The maximum Gasteiger partial charge on any atom is 0.416 e. The van der Waals surface area contributed by atoms with Crippen molar-refractivity contribution in [3.63, 3.8) is 0 Å². The van der Waals surface area contributed by atoms with Crippen molar-refractivity contribution < 1.29 is 22.7 Å². The smallest absolute Gasteiger partial charge is 0.385 e. The molecule has 0 aliphatic rings. The molecule has 1 nitrogen and oxygen atoms in total. The monoisotopic (exact) mass is 298 g/mol. The summed E-state index contributed by atoms with van der Waals surface area (Å²) in [4.78, 5) is 0. The molecule has 1 unspecified atom stereocenters. The fourth-order valence-electron chi connectivity index (χ4n) is 2.15. The zero-order chi connectivity index (χ0) is 15.7. The number of aliphatic hydroxyl groups is 1. The molecule has 0 spiro atoms. The van der Waals surface area contributed by atoms with Gasteiger partial charge in [-0.15, -0.1) is 0 Å². The third-order valence-electron chi connectivity index (χ3n) is 3.30. The van der Waals surface area contributed by atoms with E-state index in [1.165, 1.54) is 37.3 Å². The Morgan fingerprint density at radius 2 is 1.57 bits per heavy atom. The predicted molar refractivity (Wildman–Crippen MR) is 71.1 cm³/mol. The van der Waals surface area contributed by atoms with Gasteiger partial charge in [0.25, 0.3) is 0 Å². The van der Waals surface area contributed by atoms with Crippen LogP contribution in [0.25, 0.3) is 0 Å². The molecular formula is C16H14F4O. The molecule has 5 heteroatoms. The Bertz CT molecular complexity index is 632. The van der Waals surface area contributed by atoms with Crippen molar-refractivity contribution in [3.05, 3.63) is 71.0 Å². The van der Waals surface area contributed by atoms with Crippen LogP contribution >= 0.6 is 0 Å². The zero-order valence-corrected chi connectivity index (χ0v) is 11.3. The molecule has 0 bridgehead atoms. The molecule has 2 aromatic carbocycles. The highest BCUT2D eigenvalue weighted by atomic mass is 19.4. The minimum Gasteiger partial charge on any atom is -0.385 e. The van der Waals surface area contributed by atoms with Gasteiger partial charge in [0.1, 0.15) is 5.82 Å². The van der Waals surface area contributed by atoms with Crippen LogP contribution in [0.1, 0.15) is 23.6 Å². The molecule has 0 saturated heterocycles. The van der Waals surface area contributed by atoms with Crippen molar-refractivity contribution in [2.75, 3.05) is 0 Å². The van der Waals surface area contributed by atoms with E-state index < -0.39 is 23.2 Å². The van der Waals surface area contributed by atoms with E-state index in [2.05, 4.69) is 0 Å². The average molecular weight is 298 g/mol. The lowest BCUT2D eigenvalue weighted by molar-refractivity contribution is -0.137. The number of benzene rings is 2. The van der Waals surface area contributed by atoms with E-state index in [-0.39, 0.29) is 17.5 Å². The van der Waals surface area contributed by atoms with Crippen molar-refractivity contribution in [1.29, 1.82) is 0 Å². The Morgan fingerprint density at radius 1 is 0.952 bits per heavy atom. The Labute approximate surface area is 119 Å². The summed E-state index contributed by atoms with van der Waals surface area (Å²) in [6.07, 6.45) is -4.59. The van der Waals surface area contributed by atoms with E-state index in [1.54, 1.807) is 6.07 Å². The fraction of sp³-hybridized carbons (Fsp3) is 0.250. The van der Waals surface area contributed by atoms with Gasteiger partial charge in [-0.05, 0) is 36.2 Å². The van der Waals surface area contributed by atoms with Crippen LogP contribution in [0.3, 0.4) is 0 Å². The third kappa shape index (κ3) is 3.61. The van der Waals surface area contributed by atoms with Crippen LogP contribution < -0.4 is 0 Å². The maximum atomic E-state index is 13.6. The molecule has 1 atom stereocenters. The Morgan fingerprint density at radius 3 is 2.19 bits per heavy atom. The van der Waals surface area contributed by atoms with Crippen LogP contribution in [-0.4, -0.2) is 5.11 Å². The first-order valence-electron chi connectivity index (χ1n) is 6.34. The van der Waals surface area contributed by atoms with E-state index in [0.29, 0.717) is 0 Å². The number of halogens is 4. The van der Waals surface area contributed by atoms with E-state index in [9.17, 15) is 22.7 Å². The van der Waals surface area contributed by atoms with Gasteiger partial charge in [0.2, 0.25) is 0 Å². The SMILES string of the molecule is CC(O)(Cc1ccccc1F)c1cccc(C(F)(F)F)c1. The minimum atomic E-state index is -4.48. The summed E-state index contributed by atoms with van der Waals surface area (Å²) in [6, 6.07) is 10.3. The molecule has 2 aromatic rings. The van der Waals surface area contributed by atoms with E-state index in [4.69, 9.17) is 0 Å². The molecule has 0 fully saturated rings. The number of hydrogen-bond donors (Lipinski definition) is 1. The largest absolute Gasteiger partial charge is 0.416 e. The zero-order valence-electron chi connectivity index (χ0n) is 11.3. The summed E-state index contributed by atoms with van der Waals surface area (Å²) < 4.78 is 51.7. The molecule has 0 aromatic heterocycles. The maximum absolute atomic E-state index is 13.6. The van der Waals surface area contributed by atoms with Crippen LogP contribution in [-0.2, 0) is 18.2 Å². The van der Waals surface area contributed by atoms with Crippen molar-refractivity contribution >= 4 is 0 Å². The lowest BCUT2D eigenvalue weighted by Gasteiger charge is -2.25. The molecule has 21 heavy (non-hydrogen) atoms. The topological polar surface area (TPSA) is 20.2 Å². The molecule has 0 heterocycles. The van der Waals surface area contributed by atoms with Gasteiger partial charge >= 0.3 is 6.18 Å². The second kappa shape index (κ2) is 5.48. The molecule has 0 amide bonds. The molecule has 0 aliphatic heterocycles. The molecular weight excluding hydrogens is 284 g/mol. The Hall–Kier alpha value is -1.88. The first kappa shape index (κ1) is 15.5. The van der Waals surface area contributed by atoms with Crippen LogP contribution in [0.2, 0.25) is 0 Å². The van der Waals surface area contributed by atoms with Crippen LogP contribution in [0.15, 0.2) is 48.5 Å². The molecule has 2 rings (SSSR count). The first-order chi connectivity index (χ1) is 9.70. The summed E-state index contributed by atoms with van der Waals surface area (Å²) in [6.45, 7) is 1.37. The van der Waals surface area contributed by atoms with Crippen LogP contribution in [0.4, 0.5) is 17.6 Å². The molecule has 1 N–H and O–H groups in total. The molecule has 112 valence electrons. The van der Waals surface area contributed by atoms with E-state index >= 15 is 0 Å². The van der Waals surface area contributed by atoms with Gasteiger partial charge in [0.05, 0.1) is 11.2 Å². The van der Waals surface area contributed by atoms with Crippen molar-refractivity contribution in [1.82, 2.24) is 0 Å². The second-order valence-electron chi connectivity index (χ2n) is 5.12. The summed E-state index contributed by atoms with van der Waals surface area (Å²) >= 11 is 0. The lowest BCUT2D eigenvalue weighted by Crippen LogP contribution is -2.25. The van der Waals surface area contributed by atoms with Crippen molar-refractivity contribution in [2.45, 2.75) is 25.1 Å². The molecule has 0 saturated carbocycles. The number of hydrogen-bond acceptors (Lipinski definition) is 1. The van der Waals surface area contributed by atoms with Gasteiger partial charge in [-0.2, -0.15) is 13.2 Å². The summed E-state index contributed by atoms with van der Waals surface area (Å²) in [7, 11) is 0. The lowest BCUT2D eigenvalue weighted by atomic mass is 9.88. The third-order valence-corrected chi connectivity index (χ3v) is 3.30. The molecule has 0 aliphatic carbocycles. The molecule has 0 radical (unpaired) electrons. The normalized spacial score (nSPS) is 14.8. The van der Waals surface area contributed by atoms with Crippen molar-refractivity contribution in [2.24, 2.45) is 0 Å². The van der Waals surface area contributed by atoms with Gasteiger partial charge in [0, 0.05) is 6.42 Å². The Kier molecular flexibility index (Phi) is 4.05. The second-order valence-corrected chi connectivity index (χ2v) is 5.12. The Balaban J connectivity index is 2.34. The minimum absolute atomic E-state index is 0.0978. The highest BCUT2D eigenvalue weighted by molar-refractivity contribution is 5.31. The number of alkyl halides is 3. The van der Waals surface area contributed by atoms with Crippen LogP contribution in [0, 0.1) is 5.82 Å². The first-order valence-corrected chi connectivity index (χ1v) is 6.34. The highest BCUT2D eigenvalue weighted by Crippen LogP contribution is 2.33. The quantitative estimate of drug-likeness (QED) is 0.838. The fourth-order valence-corrected chi connectivity index (χ4v) is 2.15. The highest BCUT2D eigenvalue weighted by Gasteiger charge is 2.33. The van der Waals surface area contributed by atoms with E-state index in [1.807, 2.05) is 0 Å².